The van der Waals surface area contributed by atoms with Crippen LogP contribution in [0.15, 0.2) is 36.4 Å². The number of anilines is 1. The van der Waals surface area contributed by atoms with Crippen LogP contribution >= 0.6 is 0 Å². The topological polar surface area (TPSA) is 66.5 Å². The van der Waals surface area contributed by atoms with E-state index in [0.717, 1.165) is 4.90 Å². The number of benzene rings is 2. The molecule has 8 heteroatoms. The summed E-state index contributed by atoms with van der Waals surface area (Å²) < 4.78 is 40.3. The number of hydrogen-bond acceptors (Lipinski definition) is 3. The maximum Gasteiger partial charge on any atom is 0.262 e. The van der Waals surface area contributed by atoms with Crippen LogP contribution in [0.4, 0.5) is 18.9 Å². The van der Waals surface area contributed by atoms with Gasteiger partial charge in [0.25, 0.3) is 11.8 Å². The van der Waals surface area contributed by atoms with E-state index in [1.165, 1.54) is 12.1 Å². The van der Waals surface area contributed by atoms with Crippen LogP contribution in [-0.2, 0) is 4.79 Å². The number of imide groups is 1. The van der Waals surface area contributed by atoms with Gasteiger partial charge in [0.15, 0.2) is 11.6 Å². The van der Waals surface area contributed by atoms with Crippen molar-refractivity contribution in [2.24, 2.45) is 5.92 Å². The Morgan fingerprint density at radius 2 is 1.44 bits per heavy atom. The molecule has 0 bridgehead atoms. The second kappa shape index (κ2) is 6.86. The third kappa shape index (κ3) is 3.18. The molecule has 2 aromatic rings. The number of amides is 3. The molecule has 0 saturated heterocycles. The fourth-order valence-electron chi connectivity index (χ4n) is 3.00. The first kappa shape index (κ1) is 18.6. The van der Waals surface area contributed by atoms with Crippen molar-refractivity contribution in [3.8, 4) is 0 Å². The van der Waals surface area contributed by atoms with Gasteiger partial charge in [-0.25, -0.2) is 13.2 Å². The fourth-order valence-corrected chi connectivity index (χ4v) is 3.00. The summed E-state index contributed by atoms with van der Waals surface area (Å²) in [6.45, 7) is 3.21. The average Bonchev–Trinajstić information content (AvgIpc) is 2.85. The lowest BCUT2D eigenvalue weighted by molar-refractivity contribution is -0.121. The molecule has 5 nitrogen and oxygen atoms in total. The summed E-state index contributed by atoms with van der Waals surface area (Å²) in [5, 5.41) is 2.14. The second-order valence-corrected chi connectivity index (χ2v) is 6.45. The number of carbonyl (C=O) groups is 3. The average molecular weight is 376 g/mol. The van der Waals surface area contributed by atoms with Gasteiger partial charge < -0.3 is 5.32 Å². The molecule has 140 valence electrons. The zero-order chi connectivity index (χ0) is 19.9. The number of hydrogen-bond donors (Lipinski definition) is 1. The third-order valence-electron chi connectivity index (χ3n) is 4.27. The molecule has 1 N–H and O–H groups in total. The van der Waals surface area contributed by atoms with Gasteiger partial charge in [0.2, 0.25) is 5.91 Å². The molecule has 3 rings (SSSR count). The van der Waals surface area contributed by atoms with Crippen molar-refractivity contribution in [3.05, 3.63) is 65.0 Å². The smallest absolute Gasteiger partial charge is 0.262 e. The molecule has 3 amide bonds. The Morgan fingerprint density at radius 1 is 0.926 bits per heavy atom. The van der Waals surface area contributed by atoms with Gasteiger partial charge in [0.05, 0.1) is 16.8 Å². The third-order valence-corrected chi connectivity index (χ3v) is 4.27. The van der Waals surface area contributed by atoms with Crippen LogP contribution in [0, 0.1) is 23.4 Å². The van der Waals surface area contributed by atoms with Crippen LogP contribution < -0.4 is 5.32 Å². The molecular formula is C19H15F3N2O3. The van der Waals surface area contributed by atoms with Crippen molar-refractivity contribution in [2.45, 2.75) is 19.9 Å². The molecule has 0 fully saturated rings. The monoisotopic (exact) mass is 376 g/mol. The Hall–Kier alpha value is -3.16. The first-order valence-corrected chi connectivity index (χ1v) is 8.14. The maximum absolute atomic E-state index is 13.8. The van der Waals surface area contributed by atoms with E-state index in [0.29, 0.717) is 12.1 Å². The molecule has 0 spiro atoms. The van der Waals surface area contributed by atoms with Gasteiger partial charge in [-0.15, -0.1) is 0 Å². The van der Waals surface area contributed by atoms with E-state index in [1.54, 1.807) is 26.0 Å². The summed E-state index contributed by atoms with van der Waals surface area (Å²) in [5.74, 6) is -6.60. The highest BCUT2D eigenvalue weighted by Gasteiger charge is 2.44. The van der Waals surface area contributed by atoms with Crippen molar-refractivity contribution in [3.63, 3.8) is 0 Å². The SMILES string of the molecule is CC(C)C(C(=O)Nc1cc(F)c(F)cc1F)N1C(=O)c2ccccc2C1=O. The highest BCUT2D eigenvalue weighted by molar-refractivity contribution is 6.23. The van der Waals surface area contributed by atoms with E-state index in [-0.39, 0.29) is 11.1 Å². The Bertz CT molecular complexity index is 924. The predicted molar refractivity (Wildman–Crippen MR) is 90.5 cm³/mol. The first-order chi connectivity index (χ1) is 12.7. The zero-order valence-corrected chi connectivity index (χ0v) is 14.4. The largest absolute Gasteiger partial charge is 0.322 e. The lowest BCUT2D eigenvalue weighted by Crippen LogP contribution is -2.50. The van der Waals surface area contributed by atoms with Gasteiger partial charge in [0.1, 0.15) is 11.9 Å². The molecule has 1 atom stereocenters. The van der Waals surface area contributed by atoms with E-state index >= 15 is 0 Å². The van der Waals surface area contributed by atoms with Gasteiger partial charge in [-0.3, -0.25) is 19.3 Å². The molecule has 0 aromatic heterocycles. The van der Waals surface area contributed by atoms with Gasteiger partial charge in [-0.2, -0.15) is 0 Å². The second-order valence-electron chi connectivity index (χ2n) is 6.45. The minimum Gasteiger partial charge on any atom is -0.322 e. The minimum atomic E-state index is -1.40. The van der Waals surface area contributed by atoms with Crippen LogP contribution in [0.25, 0.3) is 0 Å². The van der Waals surface area contributed by atoms with Crippen molar-refractivity contribution in [2.75, 3.05) is 5.32 Å². The molecule has 0 radical (unpaired) electrons. The van der Waals surface area contributed by atoms with Crippen LogP contribution in [0.3, 0.4) is 0 Å². The standard InChI is InChI=1S/C19H15F3N2O3/c1-9(2)16(17(25)23-15-8-13(21)12(20)7-14(15)22)24-18(26)10-5-3-4-6-11(10)19(24)27/h3-9,16H,1-2H3,(H,23,25). The van der Waals surface area contributed by atoms with Gasteiger partial charge >= 0.3 is 0 Å². The molecule has 1 unspecified atom stereocenters. The fraction of sp³-hybridized carbons (Fsp3) is 0.211. The van der Waals surface area contributed by atoms with E-state index in [4.69, 9.17) is 0 Å². The normalized spacial score (nSPS) is 14.5. The molecule has 0 saturated carbocycles. The van der Waals surface area contributed by atoms with Gasteiger partial charge in [0, 0.05) is 12.1 Å². The Kier molecular flexibility index (Phi) is 4.73. The lowest BCUT2D eigenvalue weighted by Gasteiger charge is -2.28. The number of carbonyl (C=O) groups excluding carboxylic acids is 3. The summed E-state index contributed by atoms with van der Waals surface area (Å²) >= 11 is 0. The maximum atomic E-state index is 13.8. The van der Waals surface area contributed by atoms with Crippen LogP contribution in [0.5, 0.6) is 0 Å². The summed E-state index contributed by atoms with van der Waals surface area (Å²) in [6.07, 6.45) is 0. The summed E-state index contributed by atoms with van der Waals surface area (Å²) in [5.41, 5.74) is -0.249. The quantitative estimate of drug-likeness (QED) is 0.657. The number of fused-ring (bicyclic) bond motifs is 1. The van der Waals surface area contributed by atoms with Crippen LogP contribution in [0.1, 0.15) is 34.6 Å². The number of halogens is 3. The van der Waals surface area contributed by atoms with Crippen molar-refractivity contribution in [1.82, 2.24) is 4.90 Å². The molecule has 1 aliphatic heterocycles. The lowest BCUT2D eigenvalue weighted by atomic mass is 10.0. The van der Waals surface area contributed by atoms with E-state index in [1.807, 2.05) is 0 Å². The number of nitrogens with zero attached hydrogens (tertiary/aromatic N) is 1. The van der Waals surface area contributed by atoms with E-state index < -0.39 is 52.8 Å². The minimum absolute atomic E-state index is 0.167. The Morgan fingerprint density at radius 3 is 1.96 bits per heavy atom. The molecule has 1 aliphatic rings. The molecule has 27 heavy (non-hydrogen) atoms. The zero-order valence-electron chi connectivity index (χ0n) is 14.4. The predicted octanol–water partition coefficient (Wildman–Crippen LogP) is 3.36. The van der Waals surface area contributed by atoms with E-state index in [2.05, 4.69) is 5.32 Å². The molecule has 2 aromatic carbocycles. The van der Waals surface area contributed by atoms with Crippen LogP contribution in [0.2, 0.25) is 0 Å². The Balaban J connectivity index is 1.93. The number of nitrogens with one attached hydrogen (secondary N) is 1. The van der Waals surface area contributed by atoms with Crippen LogP contribution in [-0.4, -0.2) is 28.7 Å². The summed E-state index contributed by atoms with van der Waals surface area (Å²) in [4.78, 5) is 38.7. The van der Waals surface area contributed by atoms with Gasteiger partial charge in [-0.1, -0.05) is 26.0 Å². The number of rotatable bonds is 4. The molecule has 1 heterocycles. The van der Waals surface area contributed by atoms with E-state index in [9.17, 15) is 27.6 Å². The van der Waals surface area contributed by atoms with Crippen molar-refractivity contribution in [1.29, 1.82) is 0 Å². The Labute approximate surface area is 152 Å². The summed E-state index contributed by atoms with van der Waals surface area (Å²) in [7, 11) is 0. The van der Waals surface area contributed by atoms with Gasteiger partial charge in [-0.05, 0) is 18.1 Å². The highest BCUT2D eigenvalue weighted by Crippen LogP contribution is 2.28. The first-order valence-electron chi connectivity index (χ1n) is 8.14. The van der Waals surface area contributed by atoms with Crippen molar-refractivity contribution < 1.29 is 27.6 Å². The highest BCUT2D eigenvalue weighted by atomic mass is 19.2. The summed E-state index contributed by atoms with van der Waals surface area (Å²) in [6, 6.07) is 5.67. The molecule has 0 aliphatic carbocycles. The molecular weight excluding hydrogens is 361 g/mol. The van der Waals surface area contributed by atoms with Crippen molar-refractivity contribution >= 4 is 23.4 Å².